The number of nitrogens with zero attached hydrogens (tertiary/aromatic N) is 1. The van der Waals surface area contributed by atoms with Crippen molar-refractivity contribution < 1.29 is 14.7 Å². The van der Waals surface area contributed by atoms with Gasteiger partial charge in [0.05, 0.1) is 5.92 Å². The van der Waals surface area contributed by atoms with E-state index >= 15 is 0 Å². The zero-order valence-electron chi connectivity index (χ0n) is 10.6. The second-order valence-corrected chi connectivity index (χ2v) is 4.76. The zero-order valence-corrected chi connectivity index (χ0v) is 10.6. The van der Waals surface area contributed by atoms with Gasteiger partial charge in [-0.05, 0) is 32.1 Å². The van der Waals surface area contributed by atoms with Crippen LogP contribution in [0.5, 0.6) is 0 Å². The van der Waals surface area contributed by atoms with Crippen LogP contribution >= 0.6 is 0 Å². The Morgan fingerprint density at radius 1 is 1.29 bits per heavy atom. The predicted octanol–water partition coefficient (Wildman–Crippen LogP) is 1.68. The molecule has 98 valence electrons. The molecular formula is C12H22N2O3. The quantitative estimate of drug-likeness (QED) is 0.788. The molecule has 1 saturated carbocycles. The highest BCUT2D eigenvalue weighted by Gasteiger charge is 2.27. The highest BCUT2D eigenvalue weighted by Crippen LogP contribution is 2.24. The van der Waals surface area contributed by atoms with Crippen LogP contribution in [0.25, 0.3) is 0 Å². The largest absolute Gasteiger partial charge is 0.481 e. The van der Waals surface area contributed by atoms with Gasteiger partial charge in [-0.25, -0.2) is 4.79 Å². The number of hydrogen-bond donors (Lipinski definition) is 2. The Kier molecular flexibility index (Phi) is 5.25. The molecule has 0 radical (unpaired) electrons. The van der Waals surface area contributed by atoms with E-state index in [0.29, 0.717) is 12.8 Å². The van der Waals surface area contributed by atoms with Crippen LogP contribution in [0.1, 0.15) is 39.0 Å². The number of carbonyl (C=O) groups excluding carboxylic acids is 1. The van der Waals surface area contributed by atoms with Crippen LogP contribution in [-0.2, 0) is 4.79 Å². The number of nitrogens with one attached hydrogen (secondary N) is 1. The third kappa shape index (κ3) is 4.24. The van der Waals surface area contributed by atoms with Crippen LogP contribution in [-0.4, -0.2) is 41.6 Å². The maximum absolute atomic E-state index is 11.7. The number of carboxylic acids is 1. The molecule has 1 aliphatic carbocycles. The molecule has 5 heteroatoms. The van der Waals surface area contributed by atoms with Crippen molar-refractivity contribution in [1.29, 1.82) is 0 Å². The molecule has 1 rings (SSSR count). The summed E-state index contributed by atoms with van der Waals surface area (Å²) in [5.74, 6) is -0.936. The Labute approximate surface area is 102 Å². The van der Waals surface area contributed by atoms with Gasteiger partial charge in [0.25, 0.3) is 0 Å². The highest BCUT2D eigenvalue weighted by atomic mass is 16.4. The van der Waals surface area contributed by atoms with Crippen molar-refractivity contribution in [3.8, 4) is 0 Å². The number of carboxylic acid groups (broad SMARTS) is 1. The fourth-order valence-electron chi connectivity index (χ4n) is 2.21. The monoisotopic (exact) mass is 242 g/mol. The molecule has 5 nitrogen and oxygen atoms in total. The number of carbonyl (C=O) groups is 2. The van der Waals surface area contributed by atoms with Gasteiger partial charge in [0.2, 0.25) is 0 Å². The van der Waals surface area contributed by atoms with Gasteiger partial charge < -0.3 is 15.3 Å². The summed E-state index contributed by atoms with van der Waals surface area (Å²) in [6.45, 7) is 2.78. The van der Waals surface area contributed by atoms with Crippen LogP contribution in [0.4, 0.5) is 4.79 Å². The third-order valence-corrected chi connectivity index (χ3v) is 3.31. The second kappa shape index (κ2) is 6.47. The van der Waals surface area contributed by atoms with E-state index < -0.39 is 5.97 Å². The number of rotatable bonds is 4. The zero-order chi connectivity index (χ0) is 12.8. The minimum absolute atomic E-state index is 0.0503. The van der Waals surface area contributed by atoms with Crippen molar-refractivity contribution in [3.63, 3.8) is 0 Å². The third-order valence-electron chi connectivity index (χ3n) is 3.31. The van der Waals surface area contributed by atoms with Crippen molar-refractivity contribution in [3.05, 3.63) is 0 Å². The summed E-state index contributed by atoms with van der Waals surface area (Å²) in [6, 6.07) is 0.0861. The summed E-state index contributed by atoms with van der Waals surface area (Å²) >= 11 is 0. The van der Waals surface area contributed by atoms with Crippen molar-refractivity contribution in [2.75, 3.05) is 13.6 Å². The van der Waals surface area contributed by atoms with E-state index in [1.807, 2.05) is 6.92 Å². The molecule has 0 bridgehead atoms. The molecule has 0 heterocycles. The Balaban J connectivity index is 2.30. The summed E-state index contributed by atoms with van der Waals surface area (Å²) in [7, 11) is 1.78. The number of urea groups is 1. The molecule has 0 atom stereocenters. The Morgan fingerprint density at radius 2 is 1.88 bits per heavy atom. The lowest BCUT2D eigenvalue weighted by molar-refractivity contribution is -0.142. The van der Waals surface area contributed by atoms with E-state index in [9.17, 15) is 9.59 Å². The predicted molar refractivity (Wildman–Crippen MR) is 64.8 cm³/mol. The topological polar surface area (TPSA) is 69.6 Å². The van der Waals surface area contributed by atoms with Crippen molar-refractivity contribution in [2.45, 2.75) is 45.1 Å². The summed E-state index contributed by atoms with van der Waals surface area (Å²) in [4.78, 5) is 24.2. The molecule has 2 N–H and O–H groups in total. The normalized spacial score (nSPS) is 24.1. The van der Waals surface area contributed by atoms with Gasteiger partial charge in [0.15, 0.2) is 0 Å². The first kappa shape index (κ1) is 13.8. The van der Waals surface area contributed by atoms with Crippen molar-refractivity contribution in [2.24, 2.45) is 5.92 Å². The Hall–Kier alpha value is -1.26. The maximum Gasteiger partial charge on any atom is 0.317 e. The summed E-state index contributed by atoms with van der Waals surface area (Å²) in [5.41, 5.74) is 0. The number of amides is 2. The minimum atomic E-state index is -0.710. The molecule has 1 aliphatic rings. The van der Waals surface area contributed by atoms with Gasteiger partial charge in [-0.3, -0.25) is 4.79 Å². The van der Waals surface area contributed by atoms with Crippen LogP contribution in [0.3, 0.4) is 0 Å². The average molecular weight is 242 g/mol. The van der Waals surface area contributed by atoms with Gasteiger partial charge in [-0.15, -0.1) is 0 Å². The van der Waals surface area contributed by atoms with Crippen LogP contribution < -0.4 is 5.32 Å². The van der Waals surface area contributed by atoms with Crippen molar-refractivity contribution in [1.82, 2.24) is 10.2 Å². The SMILES string of the molecule is CCCN(C)C(=O)NC1CCC(C(=O)O)CC1. The number of hydrogen-bond acceptors (Lipinski definition) is 2. The van der Waals surface area contributed by atoms with Crippen molar-refractivity contribution >= 4 is 12.0 Å². The fourth-order valence-corrected chi connectivity index (χ4v) is 2.21. The summed E-state index contributed by atoms with van der Waals surface area (Å²) in [6.07, 6.45) is 3.80. The van der Waals surface area contributed by atoms with Crippen LogP contribution in [0, 0.1) is 5.92 Å². The number of aliphatic carboxylic acids is 1. The second-order valence-electron chi connectivity index (χ2n) is 4.76. The first-order valence-corrected chi connectivity index (χ1v) is 6.29. The molecule has 0 aromatic heterocycles. The fraction of sp³-hybridized carbons (Fsp3) is 0.833. The molecule has 2 amide bonds. The van der Waals surface area contributed by atoms with E-state index in [4.69, 9.17) is 5.11 Å². The average Bonchev–Trinajstić information content (AvgIpc) is 2.30. The van der Waals surface area contributed by atoms with Gasteiger partial charge in [-0.2, -0.15) is 0 Å². The van der Waals surface area contributed by atoms with E-state index in [0.717, 1.165) is 25.8 Å². The smallest absolute Gasteiger partial charge is 0.317 e. The van der Waals surface area contributed by atoms with Crippen LogP contribution in [0.15, 0.2) is 0 Å². The van der Waals surface area contributed by atoms with E-state index in [2.05, 4.69) is 5.32 Å². The van der Waals surface area contributed by atoms with Crippen LogP contribution in [0.2, 0.25) is 0 Å². The first-order valence-electron chi connectivity index (χ1n) is 6.29. The molecule has 0 aromatic rings. The summed E-state index contributed by atoms with van der Waals surface area (Å²) in [5, 5.41) is 11.8. The molecule has 0 spiro atoms. The van der Waals surface area contributed by atoms with E-state index in [1.54, 1.807) is 11.9 Å². The molecule has 1 fully saturated rings. The van der Waals surface area contributed by atoms with Gasteiger partial charge in [-0.1, -0.05) is 6.92 Å². The molecule has 0 saturated heterocycles. The molecule has 0 aromatic carbocycles. The maximum atomic E-state index is 11.7. The molecule has 0 unspecified atom stereocenters. The lowest BCUT2D eigenvalue weighted by Crippen LogP contribution is -2.45. The van der Waals surface area contributed by atoms with Gasteiger partial charge in [0, 0.05) is 19.6 Å². The van der Waals surface area contributed by atoms with Gasteiger partial charge in [0.1, 0.15) is 0 Å². The molecular weight excluding hydrogens is 220 g/mol. The van der Waals surface area contributed by atoms with Gasteiger partial charge >= 0.3 is 12.0 Å². The Morgan fingerprint density at radius 3 is 2.35 bits per heavy atom. The Bertz CT molecular complexity index is 273. The minimum Gasteiger partial charge on any atom is -0.481 e. The van der Waals surface area contributed by atoms with E-state index in [-0.39, 0.29) is 18.0 Å². The molecule has 0 aliphatic heterocycles. The standard InChI is InChI=1S/C12H22N2O3/c1-3-8-14(2)12(17)13-10-6-4-9(5-7-10)11(15)16/h9-10H,3-8H2,1-2H3,(H,13,17)(H,15,16). The highest BCUT2D eigenvalue weighted by molar-refractivity contribution is 5.74. The lowest BCUT2D eigenvalue weighted by Gasteiger charge is -2.28. The van der Waals surface area contributed by atoms with E-state index in [1.165, 1.54) is 0 Å². The summed E-state index contributed by atoms with van der Waals surface area (Å²) < 4.78 is 0. The molecule has 17 heavy (non-hydrogen) atoms. The lowest BCUT2D eigenvalue weighted by atomic mass is 9.86. The first-order chi connectivity index (χ1) is 8.04.